The Hall–Kier alpha value is -3.06. The van der Waals surface area contributed by atoms with Crippen LogP contribution in [-0.4, -0.2) is 42.2 Å². The fourth-order valence-corrected chi connectivity index (χ4v) is 3.31. The number of benzene rings is 2. The number of carbonyl (C=O) groups is 2. The van der Waals surface area contributed by atoms with Crippen LogP contribution in [0.15, 0.2) is 59.8 Å². The smallest absolute Gasteiger partial charge is 0.321 e. The Balaban J connectivity index is 1.38. The Bertz CT molecular complexity index is 894. The second-order valence-electron chi connectivity index (χ2n) is 7.06. The van der Waals surface area contributed by atoms with E-state index < -0.39 is 0 Å². The van der Waals surface area contributed by atoms with E-state index in [2.05, 4.69) is 15.8 Å². The number of likely N-dealkylation sites (tertiary alicyclic amines) is 1. The van der Waals surface area contributed by atoms with Crippen molar-refractivity contribution in [3.05, 3.63) is 65.2 Å². The SMILES string of the molecule is C[C@@H](NC(=O)CON=C1CCN(C(=O)Nc2ccccc2)CC1)c1cccc(Cl)c1. The van der Waals surface area contributed by atoms with Gasteiger partial charge in [0.2, 0.25) is 0 Å². The number of piperidine rings is 1. The van der Waals surface area contributed by atoms with Crippen molar-refractivity contribution in [1.82, 2.24) is 10.2 Å². The lowest BCUT2D eigenvalue weighted by atomic mass is 10.1. The van der Waals surface area contributed by atoms with E-state index in [9.17, 15) is 9.59 Å². The summed E-state index contributed by atoms with van der Waals surface area (Å²) in [6, 6.07) is 16.4. The highest BCUT2D eigenvalue weighted by Gasteiger charge is 2.20. The Morgan fingerprint density at radius 3 is 2.57 bits per heavy atom. The van der Waals surface area contributed by atoms with Gasteiger partial charge in [-0.25, -0.2) is 4.79 Å². The maximum Gasteiger partial charge on any atom is 0.321 e. The standard InChI is InChI=1S/C22H25ClN4O3/c1-16(17-6-5-7-18(23)14-17)24-21(28)15-30-26-20-10-12-27(13-11-20)22(29)25-19-8-3-2-4-9-19/h2-9,14,16H,10-13,15H2,1H3,(H,24,28)(H,25,29)/t16-/m1/s1. The van der Waals surface area contributed by atoms with Gasteiger partial charge in [-0.2, -0.15) is 0 Å². The van der Waals surface area contributed by atoms with Crippen molar-refractivity contribution in [2.75, 3.05) is 25.0 Å². The van der Waals surface area contributed by atoms with Crippen molar-refractivity contribution in [2.45, 2.75) is 25.8 Å². The molecule has 1 atom stereocenters. The Labute approximate surface area is 181 Å². The molecule has 0 spiro atoms. The van der Waals surface area contributed by atoms with Gasteiger partial charge in [0.15, 0.2) is 6.61 Å². The molecule has 3 amide bonds. The van der Waals surface area contributed by atoms with E-state index in [0.717, 1.165) is 17.0 Å². The first-order valence-corrected chi connectivity index (χ1v) is 10.2. The molecular formula is C22H25ClN4O3. The first-order chi connectivity index (χ1) is 14.5. The zero-order valence-corrected chi connectivity index (χ0v) is 17.6. The van der Waals surface area contributed by atoms with Crippen molar-refractivity contribution in [1.29, 1.82) is 0 Å². The predicted molar refractivity (Wildman–Crippen MR) is 118 cm³/mol. The van der Waals surface area contributed by atoms with E-state index >= 15 is 0 Å². The summed E-state index contributed by atoms with van der Waals surface area (Å²) in [5, 5.41) is 10.4. The molecule has 0 aliphatic carbocycles. The zero-order valence-electron chi connectivity index (χ0n) is 16.8. The Morgan fingerprint density at radius 1 is 1.13 bits per heavy atom. The lowest BCUT2D eigenvalue weighted by molar-refractivity contribution is -0.126. The molecule has 1 aliphatic rings. The molecule has 1 aliphatic heterocycles. The molecule has 7 nitrogen and oxygen atoms in total. The monoisotopic (exact) mass is 428 g/mol. The van der Waals surface area contributed by atoms with Crippen LogP contribution in [0.1, 0.15) is 31.4 Å². The number of oxime groups is 1. The minimum absolute atomic E-state index is 0.129. The molecule has 30 heavy (non-hydrogen) atoms. The quantitative estimate of drug-likeness (QED) is 0.676. The normalized spacial score (nSPS) is 14.6. The van der Waals surface area contributed by atoms with Gasteiger partial charge in [-0.1, -0.05) is 47.1 Å². The van der Waals surface area contributed by atoms with Gasteiger partial charge in [0, 0.05) is 36.6 Å². The van der Waals surface area contributed by atoms with E-state index in [4.69, 9.17) is 16.4 Å². The minimum atomic E-state index is -0.258. The molecule has 1 heterocycles. The minimum Gasteiger partial charge on any atom is -0.386 e. The second kappa shape index (κ2) is 10.6. The van der Waals surface area contributed by atoms with Crippen molar-refractivity contribution < 1.29 is 14.4 Å². The maximum atomic E-state index is 12.3. The van der Waals surface area contributed by atoms with Gasteiger partial charge in [0.1, 0.15) is 0 Å². The summed E-state index contributed by atoms with van der Waals surface area (Å²) in [6.07, 6.45) is 1.23. The van der Waals surface area contributed by atoms with E-state index in [1.165, 1.54) is 0 Å². The van der Waals surface area contributed by atoms with Gasteiger partial charge >= 0.3 is 6.03 Å². The number of hydrogen-bond acceptors (Lipinski definition) is 4. The van der Waals surface area contributed by atoms with Gasteiger partial charge in [0.25, 0.3) is 5.91 Å². The van der Waals surface area contributed by atoms with Crippen molar-refractivity contribution in [2.24, 2.45) is 5.16 Å². The summed E-state index contributed by atoms with van der Waals surface area (Å²) in [4.78, 5) is 31.3. The van der Waals surface area contributed by atoms with E-state index in [-0.39, 0.29) is 24.6 Å². The first-order valence-electron chi connectivity index (χ1n) is 9.85. The number of anilines is 1. The summed E-state index contributed by atoms with van der Waals surface area (Å²) in [5.41, 5.74) is 2.53. The van der Waals surface area contributed by atoms with Crippen LogP contribution >= 0.6 is 11.6 Å². The van der Waals surface area contributed by atoms with Gasteiger partial charge in [-0.05, 0) is 36.8 Å². The zero-order chi connectivity index (χ0) is 21.3. The number of amides is 3. The number of para-hydroxylation sites is 1. The van der Waals surface area contributed by atoms with Crippen LogP contribution in [0, 0.1) is 0 Å². The number of urea groups is 1. The van der Waals surface area contributed by atoms with Crippen LogP contribution in [0.5, 0.6) is 0 Å². The second-order valence-corrected chi connectivity index (χ2v) is 7.49. The largest absolute Gasteiger partial charge is 0.386 e. The highest BCUT2D eigenvalue weighted by atomic mass is 35.5. The molecule has 1 fully saturated rings. The Kier molecular flexibility index (Phi) is 7.68. The van der Waals surface area contributed by atoms with Crippen LogP contribution < -0.4 is 10.6 Å². The van der Waals surface area contributed by atoms with Crippen molar-refractivity contribution >= 4 is 34.9 Å². The van der Waals surface area contributed by atoms with Crippen LogP contribution in [0.4, 0.5) is 10.5 Å². The highest BCUT2D eigenvalue weighted by Crippen LogP contribution is 2.17. The molecule has 3 rings (SSSR count). The van der Waals surface area contributed by atoms with Crippen molar-refractivity contribution in [3.63, 3.8) is 0 Å². The number of nitrogens with one attached hydrogen (secondary N) is 2. The van der Waals surface area contributed by atoms with Crippen LogP contribution in [0.3, 0.4) is 0 Å². The lowest BCUT2D eigenvalue weighted by Gasteiger charge is -2.27. The summed E-state index contributed by atoms with van der Waals surface area (Å²) < 4.78 is 0. The average molecular weight is 429 g/mol. The molecule has 1 saturated heterocycles. The topological polar surface area (TPSA) is 83.0 Å². The van der Waals surface area contributed by atoms with Gasteiger partial charge < -0.3 is 20.4 Å². The van der Waals surface area contributed by atoms with E-state index in [1.807, 2.05) is 55.5 Å². The molecular weight excluding hydrogens is 404 g/mol. The van der Waals surface area contributed by atoms with Crippen LogP contribution in [0.2, 0.25) is 5.02 Å². The van der Waals surface area contributed by atoms with E-state index in [1.54, 1.807) is 11.0 Å². The molecule has 0 radical (unpaired) electrons. The fourth-order valence-electron chi connectivity index (χ4n) is 3.11. The van der Waals surface area contributed by atoms with Crippen molar-refractivity contribution in [3.8, 4) is 0 Å². The van der Waals surface area contributed by atoms with Gasteiger partial charge in [-0.3, -0.25) is 4.79 Å². The van der Waals surface area contributed by atoms with Gasteiger partial charge in [0.05, 0.1) is 11.8 Å². The van der Waals surface area contributed by atoms with Crippen LogP contribution in [-0.2, 0) is 9.63 Å². The molecule has 2 aromatic carbocycles. The summed E-state index contributed by atoms with van der Waals surface area (Å²) >= 11 is 5.98. The first kappa shape index (κ1) is 21.6. The number of rotatable bonds is 6. The lowest BCUT2D eigenvalue weighted by Crippen LogP contribution is -2.41. The number of hydrogen-bond donors (Lipinski definition) is 2. The Morgan fingerprint density at radius 2 is 1.87 bits per heavy atom. The third-order valence-electron chi connectivity index (χ3n) is 4.77. The van der Waals surface area contributed by atoms with Gasteiger partial charge in [-0.15, -0.1) is 0 Å². The average Bonchev–Trinajstić information content (AvgIpc) is 2.75. The summed E-state index contributed by atoms with van der Waals surface area (Å²) in [7, 11) is 0. The molecule has 158 valence electrons. The number of nitrogens with zero attached hydrogens (tertiary/aromatic N) is 2. The highest BCUT2D eigenvalue weighted by molar-refractivity contribution is 6.30. The molecule has 8 heteroatoms. The maximum absolute atomic E-state index is 12.3. The van der Waals surface area contributed by atoms with Crippen LogP contribution in [0.25, 0.3) is 0 Å². The molecule has 0 bridgehead atoms. The summed E-state index contributed by atoms with van der Waals surface area (Å²) in [6.45, 7) is 2.83. The van der Waals surface area contributed by atoms with E-state index in [0.29, 0.717) is 31.0 Å². The fraction of sp³-hybridized carbons (Fsp3) is 0.318. The molecule has 0 saturated carbocycles. The molecule has 0 unspecified atom stereocenters. The third-order valence-corrected chi connectivity index (χ3v) is 5.00. The number of halogens is 1. The predicted octanol–water partition coefficient (Wildman–Crippen LogP) is 4.22. The third kappa shape index (κ3) is 6.49. The molecule has 0 aromatic heterocycles. The molecule has 2 N–H and O–H groups in total. The molecule has 2 aromatic rings. The summed E-state index contributed by atoms with van der Waals surface area (Å²) in [5.74, 6) is -0.258. The number of carbonyl (C=O) groups excluding carboxylic acids is 2.